The number of anilines is 1. The van der Waals surface area contributed by atoms with Gasteiger partial charge in [-0.25, -0.2) is 9.78 Å². The Morgan fingerprint density at radius 2 is 1.80 bits per heavy atom. The van der Waals surface area contributed by atoms with Crippen LogP contribution in [0.1, 0.15) is 21.6 Å². The highest BCUT2D eigenvalue weighted by Gasteiger charge is 2.13. The highest BCUT2D eigenvalue weighted by molar-refractivity contribution is 5.95. The molecule has 3 rings (SSSR count). The number of nitrogens with one attached hydrogen (secondary N) is 1. The van der Waals surface area contributed by atoms with E-state index in [0.717, 1.165) is 11.1 Å². The summed E-state index contributed by atoms with van der Waals surface area (Å²) >= 11 is 0. The van der Waals surface area contributed by atoms with Gasteiger partial charge in [0.15, 0.2) is 12.3 Å². The average Bonchev–Trinajstić information content (AvgIpc) is 2.63. The Hall–Kier alpha value is -3.28. The Morgan fingerprint density at radius 1 is 1.04 bits per heavy atom. The number of aromatic nitrogens is 2. The second-order valence-corrected chi connectivity index (χ2v) is 5.62. The second-order valence-electron chi connectivity index (χ2n) is 5.62. The molecule has 0 atom stereocenters. The first-order valence-corrected chi connectivity index (χ1v) is 7.79. The zero-order valence-electron chi connectivity index (χ0n) is 13.9. The molecule has 0 saturated heterocycles. The van der Waals surface area contributed by atoms with Gasteiger partial charge in [0, 0.05) is 5.69 Å². The van der Waals surface area contributed by atoms with Crippen LogP contribution >= 0.6 is 0 Å². The molecule has 6 heteroatoms. The maximum atomic E-state index is 12.1. The van der Waals surface area contributed by atoms with Gasteiger partial charge in [-0.1, -0.05) is 24.3 Å². The van der Waals surface area contributed by atoms with E-state index in [1.165, 1.54) is 6.20 Å². The number of hydrogen-bond donors (Lipinski definition) is 1. The molecule has 0 aliphatic carbocycles. The van der Waals surface area contributed by atoms with Crippen LogP contribution in [0.2, 0.25) is 0 Å². The summed E-state index contributed by atoms with van der Waals surface area (Å²) in [5.74, 6) is -1.09. The maximum absolute atomic E-state index is 12.1. The molecular weight excluding hydrogens is 318 g/mol. The number of rotatable bonds is 4. The van der Waals surface area contributed by atoms with Gasteiger partial charge in [0.1, 0.15) is 0 Å². The monoisotopic (exact) mass is 335 g/mol. The van der Waals surface area contributed by atoms with Crippen LogP contribution in [0.15, 0.2) is 48.7 Å². The molecule has 0 aliphatic rings. The molecule has 1 N–H and O–H groups in total. The summed E-state index contributed by atoms with van der Waals surface area (Å²) in [6.45, 7) is 3.49. The lowest BCUT2D eigenvalue weighted by Gasteiger charge is -2.10. The van der Waals surface area contributed by atoms with E-state index in [1.54, 1.807) is 18.2 Å². The van der Waals surface area contributed by atoms with Crippen molar-refractivity contribution in [2.75, 3.05) is 11.9 Å². The van der Waals surface area contributed by atoms with Gasteiger partial charge in [0.2, 0.25) is 0 Å². The number of fused-ring (bicyclic) bond motifs is 1. The summed E-state index contributed by atoms with van der Waals surface area (Å²) in [5, 5.41) is 2.74. The van der Waals surface area contributed by atoms with Crippen LogP contribution in [0.5, 0.6) is 0 Å². The molecule has 0 aliphatic heterocycles. The molecular formula is C19H17N3O3. The number of benzene rings is 2. The van der Waals surface area contributed by atoms with Gasteiger partial charge < -0.3 is 10.1 Å². The van der Waals surface area contributed by atoms with Crippen molar-refractivity contribution in [3.05, 3.63) is 65.5 Å². The number of carbonyl (C=O) groups is 2. The lowest BCUT2D eigenvalue weighted by atomic mass is 10.1. The van der Waals surface area contributed by atoms with E-state index >= 15 is 0 Å². The fourth-order valence-corrected chi connectivity index (χ4v) is 2.33. The Bertz CT molecular complexity index is 954. The van der Waals surface area contributed by atoms with E-state index in [4.69, 9.17) is 4.74 Å². The van der Waals surface area contributed by atoms with Crippen LogP contribution in [0.25, 0.3) is 11.0 Å². The van der Waals surface area contributed by atoms with Crippen LogP contribution in [0, 0.1) is 13.8 Å². The number of hydrogen-bond acceptors (Lipinski definition) is 5. The van der Waals surface area contributed by atoms with Crippen molar-refractivity contribution >= 4 is 28.6 Å². The van der Waals surface area contributed by atoms with E-state index in [-0.39, 0.29) is 12.3 Å². The van der Waals surface area contributed by atoms with E-state index < -0.39 is 11.9 Å². The van der Waals surface area contributed by atoms with E-state index in [0.29, 0.717) is 16.7 Å². The quantitative estimate of drug-likeness (QED) is 0.741. The van der Waals surface area contributed by atoms with E-state index in [2.05, 4.69) is 15.3 Å². The molecule has 2 aromatic carbocycles. The Morgan fingerprint density at radius 3 is 2.60 bits per heavy atom. The lowest BCUT2D eigenvalue weighted by Crippen LogP contribution is -2.22. The van der Waals surface area contributed by atoms with Crippen LogP contribution in [-0.4, -0.2) is 28.5 Å². The van der Waals surface area contributed by atoms with Crippen molar-refractivity contribution in [2.24, 2.45) is 0 Å². The van der Waals surface area contributed by atoms with Crippen molar-refractivity contribution in [3.8, 4) is 0 Å². The smallest absolute Gasteiger partial charge is 0.359 e. The first-order valence-electron chi connectivity index (χ1n) is 7.79. The number of amides is 1. The number of esters is 1. The number of carbonyl (C=O) groups excluding carboxylic acids is 2. The van der Waals surface area contributed by atoms with Crippen LogP contribution < -0.4 is 5.32 Å². The Balaban J connectivity index is 1.63. The minimum Gasteiger partial charge on any atom is -0.451 e. The van der Waals surface area contributed by atoms with Gasteiger partial charge >= 0.3 is 5.97 Å². The van der Waals surface area contributed by atoms with E-state index in [9.17, 15) is 9.59 Å². The number of aryl methyl sites for hydroxylation is 1. The Labute approximate surface area is 144 Å². The number of ether oxygens (including phenoxy) is 1. The van der Waals surface area contributed by atoms with Crippen molar-refractivity contribution < 1.29 is 14.3 Å². The van der Waals surface area contributed by atoms with Gasteiger partial charge in [-0.2, -0.15) is 0 Å². The zero-order valence-corrected chi connectivity index (χ0v) is 13.9. The van der Waals surface area contributed by atoms with Crippen molar-refractivity contribution in [1.82, 2.24) is 9.97 Å². The molecule has 0 unspecified atom stereocenters. The van der Waals surface area contributed by atoms with Crippen LogP contribution in [0.4, 0.5) is 5.69 Å². The second kappa shape index (κ2) is 7.09. The fourth-order valence-electron chi connectivity index (χ4n) is 2.33. The summed E-state index contributed by atoms with van der Waals surface area (Å²) in [7, 11) is 0. The normalized spacial score (nSPS) is 10.5. The molecule has 126 valence electrons. The molecule has 0 bridgehead atoms. The highest BCUT2D eigenvalue weighted by atomic mass is 16.5. The van der Waals surface area contributed by atoms with Crippen molar-refractivity contribution in [1.29, 1.82) is 0 Å². The molecule has 0 fully saturated rings. The minimum atomic E-state index is -0.686. The topological polar surface area (TPSA) is 81.2 Å². The SMILES string of the molecule is Cc1cccc(NC(=O)COC(=O)c2cnc3ccccc3n2)c1C. The van der Waals surface area contributed by atoms with Gasteiger partial charge in [-0.15, -0.1) is 0 Å². The minimum absolute atomic E-state index is 0.0678. The largest absolute Gasteiger partial charge is 0.451 e. The molecule has 1 amide bonds. The Kier molecular flexibility index (Phi) is 4.70. The molecule has 3 aromatic rings. The lowest BCUT2D eigenvalue weighted by molar-refractivity contribution is -0.119. The summed E-state index contributed by atoms with van der Waals surface area (Å²) in [5.41, 5.74) is 4.09. The summed E-state index contributed by atoms with van der Waals surface area (Å²) in [6, 6.07) is 12.8. The summed E-state index contributed by atoms with van der Waals surface area (Å²) in [4.78, 5) is 32.4. The van der Waals surface area contributed by atoms with Crippen LogP contribution in [0.3, 0.4) is 0 Å². The number of nitrogens with zero attached hydrogens (tertiary/aromatic N) is 2. The van der Waals surface area contributed by atoms with Gasteiger partial charge in [0.25, 0.3) is 5.91 Å². The molecule has 0 radical (unpaired) electrons. The molecule has 0 spiro atoms. The maximum Gasteiger partial charge on any atom is 0.359 e. The third kappa shape index (κ3) is 3.80. The fraction of sp³-hybridized carbons (Fsp3) is 0.158. The summed E-state index contributed by atoms with van der Waals surface area (Å²) < 4.78 is 5.03. The first-order chi connectivity index (χ1) is 12.0. The van der Waals surface area contributed by atoms with E-state index in [1.807, 2.05) is 38.1 Å². The highest BCUT2D eigenvalue weighted by Crippen LogP contribution is 2.17. The standard InChI is InChI=1S/C19H17N3O3/c1-12-6-5-9-14(13(12)2)22-18(23)11-25-19(24)17-10-20-15-7-3-4-8-16(15)21-17/h3-10H,11H2,1-2H3,(H,22,23). The average molecular weight is 335 g/mol. The molecule has 6 nitrogen and oxygen atoms in total. The number of para-hydroxylation sites is 2. The molecule has 1 heterocycles. The van der Waals surface area contributed by atoms with Gasteiger partial charge in [0.05, 0.1) is 17.2 Å². The summed E-state index contributed by atoms with van der Waals surface area (Å²) in [6.07, 6.45) is 1.34. The van der Waals surface area contributed by atoms with Crippen molar-refractivity contribution in [2.45, 2.75) is 13.8 Å². The predicted molar refractivity (Wildman–Crippen MR) is 94.4 cm³/mol. The van der Waals surface area contributed by atoms with Gasteiger partial charge in [-0.3, -0.25) is 9.78 Å². The third-order valence-electron chi connectivity index (χ3n) is 3.87. The first kappa shape index (κ1) is 16.6. The zero-order chi connectivity index (χ0) is 17.8. The predicted octanol–water partition coefficient (Wildman–Crippen LogP) is 3.04. The van der Waals surface area contributed by atoms with Crippen LogP contribution in [-0.2, 0) is 9.53 Å². The van der Waals surface area contributed by atoms with Crippen molar-refractivity contribution in [3.63, 3.8) is 0 Å². The van der Waals surface area contributed by atoms with Gasteiger partial charge in [-0.05, 0) is 43.2 Å². The third-order valence-corrected chi connectivity index (χ3v) is 3.87. The molecule has 1 aromatic heterocycles. The molecule has 25 heavy (non-hydrogen) atoms. The molecule has 0 saturated carbocycles.